The lowest BCUT2D eigenvalue weighted by atomic mass is 9.83. The molecule has 132 valence electrons. The van der Waals surface area contributed by atoms with Crippen molar-refractivity contribution in [2.75, 3.05) is 20.2 Å². The Hall–Kier alpha value is -1.79. The van der Waals surface area contributed by atoms with E-state index in [1.54, 1.807) is 19.2 Å². The maximum atomic E-state index is 12.1. The molecule has 1 saturated heterocycles. The van der Waals surface area contributed by atoms with Gasteiger partial charge >= 0.3 is 0 Å². The summed E-state index contributed by atoms with van der Waals surface area (Å²) in [6.45, 7) is 3.29. The summed E-state index contributed by atoms with van der Waals surface area (Å²) in [4.78, 5) is 14.5. The number of rotatable bonds is 3. The van der Waals surface area contributed by atoms with Crippen molar-refractivity contribution in [3.8, 4) is 11.5 Å². The number of hydrogen-bond donors (Lipinski definition) is 1. The Morgan fingerprint density at radius 1 is 1.28 bits per heavy atom. The van der Waals surface area contributed by atoms with Gasteiger partial charge in [-0.05, 0) is 30.5 Å². The van der Waals surface area contributed by atoms with Crippen LogP contribution in [0.1, 0.15) is 23.6 Å². The second kappa shape index (κ2) is 6.50. The zero-order valence-electron chi connectivity index (χ0n) is 14.1. The van der Waals surface area contributed by atoms with E-state index in [4.69, 9.17) is 4.74 Å². The van der Waals surface area contributed by atoms with E-state index in [-0.39, 0.29) is 11.3 Å². The number of nitrogens with zero attached hydrogens (tertiary/aromatic N) is 2. The Morgan fingerprint density at radius 2 is 2.12 bits per heavy atom. The first-order valence-electron chi connectivity index (χ1n) is 8.52. The molecule has 3 heterocycles. The number of phenolic OH excluding ortho intramolecular Hbond substituents is 1. The number of benzene rings is 1. The Labute approximate surface area is 155 Å². The first-order valence-corrected chi connectivity index (χ1v) is 9.32. The smallest absolute Gasteiger partial charge is 0.250 e. The quantitative estimate of drug-likeness (QED) is 0.854. The molecule has 1 aromatic carbocycles. The topological polar surface area (TPSA) is 54.7 Å². The molecule has 5 nitrogen and oxygen atoms in total. The molecule has 0 aliphatic carbocycles. The maximum Gasteiger partial charge on any atom is 0.250 e. The van der Waals surface area contributed by atoms with Gasteiger partial charge in [-0.25, -0.2) is 0 Å². The molecule has 0 spiro atoms. The zero-order chi connectivity index (χ0) is 17.6. The van der Waals surface area contributed by atoms with Crippen LogP contribution in [0.4, 0.5) is 0 Å². The highest BCUT2D eigenvalue weighted by molar-refractivity contribution is 9.10. The van der Waals surface area contributed by atoms with Crippen molar-refractivity contribution in [1.82, 2.24) is 9.47 Å². The molecule has 2 aromatic rings. The van der Waals surface area contributed by atoms with E-state index in [0.29, 0.717) is 24.1 Å². The molecule has 1 aromatic heterocycles. The highest BCUT2D eigenvalue weighted by Crippen LogP contribution is 2.38. The summed E-state index contributed by atoms with van der Waals surface area (Å²) in [6.07, 6.45) is 1.13. The standard InChI is InChI=1S/C19H21BrN2O3/c1-25-17-7-15(20)6-14(19(17)24)11-21-8-12-5-13(10-21)16-3-2-4-18(23)22(16)9-12/h2-4,6-7,12-13,24H,5,8-11H2,1H3/t12-,13+/m0/s1. The maximum absolute atomic E-state index is 12.1. The van der Waals surface area contributed by atoms with Gasteiger partial charge in [0.2, 0.25) is 0 Å². The number of phenols is 1. The molecule has 0 saturated carbocycles. The lowest BCUT2D eigenvalue weighted by Crippen LogP contribution is -2.46. The van der Waals surface area contributed by atoms with E-state index in [2.05, 4.69) is 26.9 Å². The van der Waals surface area contributed by atoms with Gasteiger partial charge in [0.1, 0.15) is 0 Å². The third-order valence-corrected chi connectivity index (χ3v) is 5.75. The molecular weight excluding hydrogens is 384 g/mol. The highest BCUT2D eigenvalue weighted by atomic mass is 79.9. The Kier molecular flexibility index (Phi) is 4.33. The fourth-order valence-corrected chi connectivity index (χ4v) is 4.75. The number of ether oxygens (including phenoxy) is 1. The lowest BCUT2D eigenvalue weighted by Gasteiger charge is -2.42. The molecule has 6 heteroatoms. The van der Waals surface area contributed by atoms with Crippen molar-refractivity contribution in [2.24, 2.45) is 5.92 Å². The van der Waals surface area contributed by atoms with Crippen LogP contribution in [0.25, 0.3) is 0 Å². The summed E-state index contributed by atoms with van der Waals surface area (Å²) in [5, 5.41) is 10.4. The number of likely N-dealkylation sites (tertiary alicyclic amines) is 1. The second-order valence-electron chi connectivity index (χ2n) is 7.01. The van der Waals surface area contributed by atoms with E-state index in [1.807, 2.05) is 16.7 Å². The van der Waals surface area contributed by atoms with Gasteiger partial charge in [-0.1, -0.05) is 22.0 Å². The fraction of sp³-hybridized carbons (Fsp3) is 0.421. The van der Waals surface area contributed by atoms with E-state index in [9.17, 15) is 9.90 Å². The molecule has 0 amide bonds. The Balaban J connectivity index is 1.59. The van der Waals surface area contributed by atoms with Gasteiger partial charge < -0.3 is 14.4 Å². The van der Waals surface area contributed by atoms with Crippen LogP contribution >= 0.6 is 15.9 Å². The van der Waals surface area contributed by atoms with Gasteiger partial charge in [0.25, 0.3) is 5.56 Å². The average molecular weight is 405 g/mol. The molecular formula is C19H21BrN2O3. The average Bonchev–Trinajstić information content (AvgIpc) is 2.59. The van der Waals surface area contributed by atoms with Gasteiger partial charge in [0.05, 0.1) is 7.11 Å². The summed E-state index contributed by atoms with van der Waals surface area (Å²) in [7, 11) is 1.56. The van der Waals surface area contributed by atoms with Crippen molar-refractivity contribution in [3.05, 3.63) is 56.4 Å². The third kappa shape index (κ3) is 3.09. The molecule has 25 heavy (non-hydrogen) atoms. The predicted octanol–water partition coefficient (Wildman–Crippen LogP) is 2.94. The van der Waals surface area contributed by atoms with Gasteiger partial charge in [-0.3, -0.25) is 9.69 Å². The number of halogens is 1. The third-order valence-electron chi connectivity index (χ3n) is 5.29. The Bertz CT molecular complexity index is 864. The summed E-state index contributed by atoms with van der Waals surface area (Å²) in [5.41, 5.74) is 2.11. The minimum Gasteiger partial charge on any atom is -0.504 e. The van der Waals surface area contributed by atoms with Crippen LogP contribution in [0.5, 0.6) is 11.5 Å². The number of piperidine rings is 1. The van der Waals surface area contributed by atoms with E-state index in [1.165, 1.54) is 0 Å². The number of pyridine rings is 1. The van der Waals surface area contributed by atoms with Crippen molar-refractivity contribution in [1.29, 1.82) is 0 Å². The van der Waals surface area contributed by atoms with Crippen LogP contribution in [-0.4, -0.2) is 34.8 Å². The van der Waals surface area contributed by atoms with Crippen LogP contribution in [0.15, 0.2) is 39.6 Å². The first-order chi connectivity index (χ1) is 12.0. The Morgan fingerprint density at radius 3 is 2.92 bits per heavy atom. The number of hydrogen-bond acceptors (Lipinski definition) is 4. The molecule has 1 fully saturated rings. The summed E-state index contributed by atoms with van der Waals surface area (Å²) >= 11 is 3.48. The molecule has 0 unspecified atom stereocenters. The first kappa shape index (κ1) is 16.7. The van der Waals surface area contributed by atoms with Crippen molar-refractivity contribution in [2.45, 2.75) is 25.4 Å². The minimum atomic E-state index is 0.107. The van der Waals surface area contributed by atoms with E-state index >= 15 is 0 Å². The molecule has 0 radical (unpaired) electrons. The molecule has 2 aliphatic heterocycles. The molecule has 2 bridgehead atoms. The largest absolute Gasteiger partial charge is 0.504 e. The molecule has 1 N–H and O–H groups in total. The van der Waals surface area contributed by atoms with Crippen molar-refractivity contribution < 1.29 is 9.84 Å². The summed E-state index contributed by atoms with van der Waals surface area (Å²) < 4.78 is 8.09. The molecule has 4 rings (SSSR count). The van der Waals surface area contributed by atoms with Crippen LogP contribution in [0.2, 0.25) is 0 Å². The molecule has 2 atom stereocenters. The van der Waals surface area contributed by atoms with Gasteiger partial charge in [0, 0.05) is 53.9 Å². The van der Waals surface area contributed by atoms with Gasteiger partial charge in [-0.15, -0.1) is 0 Å². The van der Waals surface area contributed by atoms with Gasteiger partial charge in [-0.2, -0.15) is 0 Å². The van der Waals surface area contributed by atoms with Crippen LogP contribution in [0.3, 0.4) is 0 Å². The van der Waals surface area contributed by atoms with Crippen molar-refractivity contribution in [3.63, 3.8) is 0 Å². The highest BCUT2D eigenvalue weighted by Gasteiger charge is 2.34. The number of fused-ring (bicyclic) bond motifs is 4. The summed E-state index contributed by atoms with van der Waals surface area (Å²) in [5.74, 6) is 1.54. The zero-order valence-corrected chi connectivity index (χ0v) is 15.7. The number of methoxy groups -OCH3 is 1. The van der Waals surface area contributed by atoms with Gasteiger partial charge in [0.15, 0.2) is 11.5 Å². The number of aromatic hydroxyl groups is 1. The minimum absolute atomic E-state index is 0.107. The fourth-order valence-electron chi connectivity index (χ4n) is 4.27. The predicted molar refractivity (Wildman–Crippen MR) is 99.2 cm³/mol. The SMILES string of the molecule is COc1cc(Br)cc(CN2C[C@@H]3C[C@H](C2)c2cccc(=O)n2C3)c1O. The van der Waals surface area contributed by atoms with Crippen LogP contribution in [-0.2, 0) is 13.1 Å². The second-order valence-corrected chi connectivity index (χ2v) is 7.92. The number of aromatic nitrogens is 1. The summed E-state index contributed by atoms with van der Waals surface area (Å²) in [6, 6.07) is 9.30. The van der Waals surface area contributed by atoms with Crippen LogP contribution in [0, 0.1) is 5.92 Å². The van der Waals surface area contributed by atoms with E-state index < -0.39 is 0 Å². The normalized spacial score (nSPS) is 22.5. The van der Waals surface area contributed by atoms with E-state index in [0.717, 1.165) is 41.8 Å². The van der Waals surface area contributed by atoms with Crippen molar-refractivity contribution >= 4 is 15.9 Å². The monoisotopic (exact) mass is 404 g/mol. The van der Waals surface area contributed by atoms with Crippen LogP contribution < -0.4 is 10.3 Å². The lowest BCUT2D eigenvalue weighted by molar-refractivity contribution is 0.113. The molecule has 2 aliphatic rings.